The van der Waals surface area contributed by atoms with Crippen molar-refractivity contribution in [3.05, 3.63) is 53.3 Å². The first-order chi connectivity index (χ1) is 15.9. The van der Waals surface area contributed by atoms with Gasteiger partial charge in [0, 0.05) is 38.8 Å². The lowest BCUT2D eigenvalue weighted by Gasteiger charge is -2.34. The van der Waals surface area contributed by atoms with Gasteiger partial charge in [0.1, 0.15) is 11.7 Å². The number of rotatable bonds is 6. The number of nitrogens with one attached hydrogen (secondary N) is 1. The first-order valence-electron chi connectivity index (χ1n) is 11.9. The Hall–Kier alpha value is -3.16. The molecular weight excluding hydrogens is 418 g/mol. The summed E-state index contributed by atoms with van der Waals surface area (Å²) >= 11 is 0. The zero-order valence-electron chi connectivity index (χ0n) is 19.5. The standard InChI is InChI=1S/C25H33N5O3/c1-18(2)16-26-23(31)21-11-6-7-13-29(21)24(32)20-15-22-25(33)28(12-8-14-30(22)27-20)17-19-9-4-3-5-10-19/h3-5,9-10,15,18,21H,6-8,11-14,16-17H2,1-2H3,(H,26,31). The maximum Gasteiger partial charge on any atom is 0.275 e. The molecule has 1 aromatic heterocycles. The zero-order chi connectivity index (χ0) is 23.4. The normalized spacial score (nSPS) is 18.8. The molecule has 0 saturated carbocycles. The number of fused-ring (bicyclic) bond motifs is 1. The molecule has 1 fully saturated rings. The summed E-state index contributed by atoms with van der Waals surface area (Å²) in [7, 11) is 0. The minimum absolute atomic E-state index is 0.109. The number of piperidine rings is 1. The monoisotopic (exact) mass is 451 g/mol. The lowest BCUT2D eigenvalue weighted by atomic mass is 10.0. The Morgan fingerprint density at radius 3 is 2.64 bits per heavy atom. The molecular formula is C25H33N5O3. The third-order valence-electron chi connectivity index (χ3n) is 6.27. The number of amides is 3. The third-order valence-corrected chi connectivity index (χ3v) is 6.27. The van der Waals surface area contributed by atoms with Crippen LogP contribution >= 0.6 is 0 Å². The van der Waals surface area contributed by atoms with Gasteiger partial charge in [-0.15, -0.1) is 0 Å². The summed E-state index contributed by atoms with van der Waals surface area (Å²) in [6, 6.07) is 11.0. The van der Waals surface area contributed by atoms with Gasteiger partial charge in [0.05, 0.1) is 0 Å². The molecule has 0 radical (unpaired) electrons. The summed E-state index contributed by atoms with van der Waals surface area (Å²) in [5, 5.41) is 7.45. The van der Waals surface area contributed by atoms with Crippen molar-refractivity contribution in [2.75, 3.05) is 19.6 Å². The number of carbonyl (C=O) groups excluding carboxylic acids is 3. The molecule has 3 heterocycles. The Bertz CT molecular complexity index is 1000. The molecule has 0 spiro atoms. The average Bonchev–Trinajstić information content (AvgIpc) is 3.20. The highest BCUT2D eigenvalue weighted by atomic mass is 16.2. The van der Waals surface area contributed by atoms with E-state index in [4.69, 9.17) is 0 Å². The quantitative estimate of drug-likeness (QED) is 0.732. The van der Waals surface area contributed by atoms with Crippen molar-refractivity contribution in [3.8, 4) is 0 Å². The second-order valence-corrected chi connectivity index (χ2v) is 9.35. The zero-order valence-corrected chi connectivity index (χ0v) is 19.5. The topological polar surface area (TPSA) is 87.5 Å². The van der Waals surface area contributed by atoms with E-state index in [2.05, 4.69) is 10.4 Å². The highest BCUT2D eigenvalue weighted by Gasteiger charge is 2.35. The molecule has 0 aliphatic carbocycles. The Balaban J connectivity index is 1.51. The maximum absolute atomic E-state index is 13.4. The van der Waals surface area contributed by atoms with Crippen molar-refractivity contribution in [2.24, 2.45) is 5.92 Å². The van der Waals surface area contributed by atoms with Crippen molar-refractivity contribution >= 4 is 17.7 Å². The van der Waals surface area contributed by atoms with E-state index < -0.39 is 6.04 Å². The molecule has 176 valence electrons. The summed E-state index contributed by atoms with van der Waals surface area (Å²) in [4.78, 5) is 42.8. The number of hydrogen-bond acceptors (Lipinski definition) is 4. The number of carbonyl (C=O) groups is 3. The molecule has 8 heteroatoms. The molecule has 3 amide bonds. The van der Waals surface area contributed by atoms with Gasteiger partial charge in [0.25, 0.3) is 11.8 Å². The van der Waals surface area contributed by atoms with Gasteiger partial charge in [-0.25, -0.2) is 0 Å². The maximum atomic E-state index is 13.4. The van der Waals surface area contributed by atoms with Crippen LogP contribution in [0.2, 0.25) is 0 Å². The molecule has 2 aromatic rings. The Labute approximate surface area is 194 Å². The van der Waals surface area contributed by atoms with Gasteiger partial charge in [0.15, 0.2) is 5.69 Å². The molecule has 1 N–H and O–H groups in total. The largest absolute Gasteiger partial charge is 0.354 e. The summed E-state index contributed by atoms with van der Waals surface area (Å²) in [6.45, 7) is 6.94. The lowest BCUT2D eigenvalue weighted by molar-refractivity contribution is -0.126. The fourth-order valence-electron chi connectivity index (χ4n) is 4.51. The minimum Gasteiger partial charge on any atom is -0.354 e. The van der Waals surface area contributed by atoms with Crippen molar-refractivity contribution in [1.82, 2.24) is 24.9 Å². The van der Waals surface area contributed by atoms with E-state index in [-0.39, 0.29) is 23.4 Å². The number of nitrogens with zero attached hydrogens (tertiary/aromatic N) is 4. The third kappa shape index (κ3) is 5.26. The fourth-order valence-corrected chi connectivity index (χ4v) is 4.51. The van der Waals surface area contributed by atoms with Gasteiger partial charge in [-0.3, -0.25) is 19.1 Å². The van der Waals surface area contributed by atoms with Crippen LogP contribution in [0.5, 0.6) is 0 Å². The fraction of sp³-hybridized carbons (Fsp3) is 0.520. The second kappa shape index (κ2) is 10.2. The Kier molecular flexibility index (Phi) is 7.11. The van der Waals surface area contributed by atoms with Crippen LogP contribution in [0.4, 0.5) is 0 Å². The van der Waals surface area contributed by atoms with Crippen LogP contribution in [-0.4, -0.2) is 63.0 Å². The molecule has 8 nitrogen and oxygen atoms in total. The second-order valence-electron chi connectivity index (χ2n) is 9.35. The molecule has 1 unspecified atom stereocenters. The summed E-state index contributed by atoms with van der Waals surface area (Å²) in [5.74, 6) is -0.159. The number of aromatic nitrogens is 2. The van der Waals surface area contributed by atoms with Crippen LogP contribution in [0, 0.1) is 5.92 Å². The van der Waals surface area contributed by atoms with E-state index in [0.29, 0.717) is 50.8 Å². The van der Waals surface area contributed by atoms with Crippen molar-refractivity contribution in [2.45, 2.75) is 58.7 Å². The van der Waals surface area contributed by atoms with Crippen molar-refractivity contribution in [1.29, 1.82) is 0 Å². The molecule has 2 aliphatic heterocycles. The molecule has 0 bridgehead atoms. The smallest absolute Gasteiger partial charge is 0.275 e. The average molecular weight is 452 g/mol. The van der Waals surface area contributed by atoms with Crippen LogP contribution in [0.1, 0.15) is 66.1 Å². The molecule has 1 atom stereocenters. The van der Waals surface area contributed by atoms with E-state index in [9.17, 15) is 14.4 Å². The minimum atomic E-state index is -0.489. The van der Waals surface area contributed by atoms with Gasteiger partial charge in [-0.05, 0) is 37.2 Å². The number of likely N-dealkylation sites (tertiary alicyclic amines) is 1. The lowest BCUT2D eigenvalue weighted by Crippen LogP contribution is -2.52. The first-order valence-corrected chi connectivity index (χ1v) is 11.9. The van der Waals surface area contributed by atoms with Crippen LogP contribution in [0.3, 0.4) is 0 Å². The van der Waals surface area contributed by atoms with Crippen LogP contribution < -0.4 is 5.32 Å². The summed E-state index contributed by atoms with van der Waals surface area (Å²) < 4.78 is 1.65. The van der Waals surface area contributed by atoms with Crippen molar-refractivity contribution in [3.63, 3.8) is 0 Å². The number of hydrogen-bond donors (Lipinski definition) is 1. The number of aryl methyl sites for hydroxylation is 1. The number of benzene rings is 1. The highest BCUT2D eigenvalue weighted by molar-refractivity contribution is 5.99. The van der Waals surface area contributed by atoms with E-state index in [1.165, 1.54) is 0 Å². The first kappa shape index (κ1) is 23.0. The molecule has 33 heavy (non-hydrogen) atoms. The van der Waals surface area contributed by atoms with Crippen LogP contribution in [0.15, 0.2) is 36.4 Å². The van der Waals surface area contributed by atoms with Crippen molar-refractivity contribution < 1.29 is 14.4 Å². The Morgan fingerprint density at radius 2 is 1.88 bits per heavy atom. The highest BCUT2D eigenvalue weighted by Crippen LogP contribution is 2.22. The van der Waals surface area contributed by atoms with Crippen LogP contribution in [-0.2, 0) is 17.9 Å². The van der Waals surface area contributed by atoms with E-state index >= 15 is 0 Å². The van der Waals surface area contributed by atoms with E-state index in [1.54, 1.807) is 15.6 Å². The van der Waals surface area contributed by atoms with Gasteiger partial charge in [-0.1, -0.05) is 44.2 Å². The SMILES string of the molecule is CC(C)CNC(=O)C1CCCCN1C(=O)c1cc2n(n1)CCCN(Cc1ccccc1)C2=O. The summed E-state index contributed by atoms with van der Waals surface area (Å²) in [6.07, 6.45) is 3.19. The van der Waals surface area contributed by atoms with Gasteiger partial charge in [0.2, 0.25) is 5.91 Å². The Morgan fingerprint density at radius 1 is 1.09 bits per heavy atom. The molecule has 2 aliphatic rings. The van der Waals surface area contributed by atoms with Gasteiger partial charge in [-0.2, -0.15) is 5.10 Å². The molecule has 1 aromatic carbocycles. The van der Waals surface area contributed by atoms with E-state index in [1.807, 2.05) is 49.1 Å². The predicted molar refractivity (Wildman–Crippen MR) is 125 cm³/mol. The van der Waals surface area contributed by atoms with Gasteiger partial charge < -0.3 is 15.1 Å². The summed E-state index contributed by atoms with van der Waals surface area (Å²) in [5.41, 5.74) is 1.74. The predicted octanol–water partition coefficient (Wildman–Crippen LogP) is 2.70. The molecule has 4 rings (SSSR count). The molecule has 1 saturated heterocycles. The van der Waals surface area contributed by atoms with E-state index in [0.717, 1.165) is 24.8 Å². The van der Waals surface area contributed by atoms with Crippen LogP contribution in [0.25, 0.3) is 0 Å². The van der Waals surface area contributed by atoms with Gasteiger partial charge >= 0.3 is 0 Å².